The molecule has 0 spiro atoms. The van der Waals surface area contributed by atoms with Gasteiger partial charge in [0, 0.05) is 44.1 Å². The van der Waals surface area contributed by atoms with Crippen molar-refractivity contribution >= 4 is 5.91 Å². The highest BCUT2D eigenvalue weighted by Gasteiger charge is 2.08. The maximum atomic E-state index is 12.0. The van der Waals surface area contributed by atoms with Crippen molar-refractivity contribution in [1.82, 2.24) is 34.7 Å². The summed E-state index contributed by atoms with van der Waals surface area (Å²) in [4.78, 5) is 12.0. The number of nitrogens with one attached hydrogen (secondary N) is 1. The van der Waals surface area contributed by atoms with Crippen molar-refractivity contribution in [3.63, 3.8) is 0 Å². The number of aryl methyl sites for hydroxylation is 1. The van der Waals surface area contributed by atoms with Crippen molar-refractivity contribution < 1.29 is 4.79 Å². The molecule has 8 heteroatoms. The molecule has 114 valence electrons. The quantitative estimate of drug-likeness (QED) is 0.648. The van der Waals surface area contributed by atoms with Gasteiger partial charge in [0.05, 0.1) is 0 Å². The molecule has 0 aromatic carbocycles. The fourth-order valence-electron chi connectivity index (χ4n) is 2.06. The number of amides is 1. The molecule has 0 aliphatic heterocycles. The average Bonchev–Trinajstić information content (AvgIpc) is 3.26. The van der Waals surface area contributed by atoms with Gasteiger partial charge in [-0.1, -0.05) is 0 Å². The number of aromatic nitrogens is 6. The zero-order valence-electron chi connectivity index (χ0n) is 12.0. The van der Waals surface area contributed by atoms with Crippen LogP contribution < -0.4 is 5.32 Å². The minimum absolute atomic E-state index is 0.167. The Kier molecular flexibility index (Phi) is 4.28. The molecule has 0 fully saturated rings. The fourth-order valence-corrected chi connectivity index (χ4v) is 2.06. The predicted molar refractivity (Wildman–Crippen MR) is 79.0 cm³/mol. The SMILES string of the molecule is O=C(NCCCn1cccn1)c1ccn(Cn2cccn2)n1. The summed E-state index contributed by atoms with van der Waals surface area (Å²) in [5, 5.41) is 15.3. The van der Waals surface area contributed by atoms with Gasteiger partial charge in [-0.2, -0.15) is 15.3 Å². The maximum absolute atomic E-state index is 12.0. The normalized spacial score (nSPS) is 10.7. The van der Waals surface area contributed by atoms with E-state index in [4.69, 9.17) is 0 Å². The van der Waals surface area contributed by atoms with Crippen molar-refractivity contribution in [3.05, 3.63) is 54.9 Å². The number of hydrogen-bond donors (Lipinski definition) is 1. The van der Waals surface area contributed by atoms with Gasteiger partial charge in [-0.15, -0.1) is 0 Å². The van der Waals surface area contributed by atoms with Gasteiger partial charge in [0.25, 0.3) is 5.91 Å². The summed E-state index contributed by atoms with van der Waals surface area (Å²) in [5.74, 6) is -0.167. The third-order valence-electron chi connectivity index (χ3n) is 3.13. The molecule has 8 nitrogen and oxygen atoms in total. The van der Waals surface area contributed by atoms with Crippen LogP contribution in [-0.4, -0.2) is 41.8 Å². The van der Waals surface area contributed by atoms with E-state index >= 15 is 0 Å². The molecule has 22 heavy (non-hydrogen) atoms. The predicted octanol–water partition coefficient (Wildman–Crippen LogP) is 0.602. The van der Waals surface area contributed by atoms with Crippen molar-refractivity contribution in [2.45, 2.75) is 19.6 Å². The molecule has 0 unspecified atom stereocenters. The first-order chi connectivity index (χ1) is 10.8. The Morgan fingerprint density at radius 2 is 1.82 bits per heavy atom. The molecule has 0 saturated carbocycles. The molecule has 0 atom stereocenters. The Hall–Kier alpha value is -2.90. The van der Waals surface area contributed by atoms with Crippen molar-refractivity contribution in [3.8, 4) is 0 Å². The van der Waals surface area contributed by atoms with Crippen LogP contribution in [0.15, 0.2) is 49.2 Å². The fraction of sp³-hybridized carbons (Fsp3) is 0.286. The second-order valence-electron chi connectivity index (χ2n) is 4.81. The highest BCUT2D eigenvalue weighted by molar-refractivity contribution is 5.92. The van der Waals surface area contributed by atoms with Crippen LogP contribution in [0.4, 0.5) is 0 Å². The molecule has 3 aromatic heterocycles. The molecule has 0 radical (unpaired) electrons. The van der Waals surface area contributed by atoms with E-state index in [9.17, 15) is 4.79 Å². The smallest absolute Gasteiger partial charge is 0.271 e. The van der Waals surface area contributed by atoms with Crippen molar-refractivity contribution in [2.75, 3.05) is 6.54 Å². The molecule has 0 aliphatic rings. The molecule has 3 rings (SSSR count). The van der Waals surface area contributed by atoms with Gasteiger partial charge in [0.2, 0.25) is 0 Å². The number of rotatable bonds is 7. The van der Waals surface area contributed by atoms with E-state index in [1.54, 1.807) is 34.0 Å². The van der Waals surface area contributed by atoms with Crippen LogP contribution in [0, 0.1) is 0 Å². The van der Waals surface area contributed by atoms with Gasteiger partial charge in [-0.3, -0.25) is 18.8 Å². The summed E-state index contributed by atoms with van der Waals surface area (Å²) >= 11 is 0. The summed E-state index contributed by atoms with van der Waals surface area (Å²) in [7, 11) is 0. The number of hydrogen-bond acceptors (Lipinski definition) is 4. The molecular formula is C14H17N7O. The van der Waals surface area contributed by atoms with Gasteiger partial charge in [-0.05, 0) is 24.6 Å². The molecule has 1 amide bonds. The first kappa shape index (κ1) is 14.1. The highest BCUT2D eigenvalue weighted by Crippen LogP contribution is 1.97. The lowest BCUT2D eigenvalue weighted by Gasteiger charge is -2.04. The Morgan fingerprint density at radius 3 is 2.55 bits per heavy atom. The first-order valence-electron chi connectivity index (χ1n) is 7.08. The van der Waals surface area contributed by atoms with Crippen LogP contribution in [0.5, 0.6) is 0 Å². The molecule has 0 bridgehead atoms. The Labute approximate surface area is 127 Å². The van der Waals surface area contributed by atoms with Crippen molar-refractivity contribution in [1.29, 1.82) is 0 Å². The maximum Gasteiger partial charge on any atom is 0.271 e. The van der Waals surface area contributed by atoms with Gasteiger partial charge < -0.3 is 5.32 Å². The van der Waals surface area contributed by atoms with Crippen molar-refractivity contribution in [2.24, 2.45) is 0 Å². The lowest BCUT2D eigenvalue weighted by Crippen LogP contribution is -2.26. The number of carbonyl (C=O) groups is 1. The molecule has 1 N–H and O–H groups in total. The topological polar surface area (TPSA) is 82.6 Å². The third kappa shape index (κ3) is 3.60. The van der Waals surface area contributed by atoms with E-state index < -0.39 is 0 Å². The van der Waals surface area contributed by atoms with Crippen LogP contribution in [0.25, 0.3) is 0 Å². The monoisotopic (exact) mass is 299 g/mol. The number of nitrogens with zero attached hydrogens (tertiary/aromatic N) is 6. The van der Waals surface area contributed by atoms with Gasteiger partial charge in [0.1, 0.15) is 12.4 Å². The van der Waals surface area contributed by atoms with E-state index in [2.05, 4.69) is 20.6 Å². The van der Waals surface area contributed by atoms with Gasteiger partial charge in [0.15, 0.2) is 0 Å². The first-order valence-corrected chi connectivity index (χ1v) is 7.08. The standard InChI is InChI=1S/C14H17N7O/c22-14(15-5-1-8-19-9-2-6-16-19)13-4-11-21(18-13)12-20-10-3-7-17-20/h2-4,6-7,9-11H,1,5,8,12H2,(H,15,22). The van der Waals surface area contributed by atoms with E-state index in [1.807, 2.05) is 29.2 Å². The van der Waals surface area contributed by atoms with E-state index in [0.717, 1.165) is 13.0 Å². The van der Waals surface area contributed by atoms with Crippen LogP contribution in [0.1, 0.15) is 16.9 Å². The Morgan fingerprint density at radius 1 is 1.05 bits per heavy atom. The van der Waals surface area contributed by atoms with Crippen LogP contribution in [-0.2, 0) is 13.2 Å². The zero-order valence-corrected chi connectivity index (χ0v) is 12.0. The minimum atomic E-state index is -0.167. The number of carbonyl (C=O) groups excluding carboxylic acids is 1. The molecule has 0 saturated heterocycles. The third-order valence-corrected chi connectivity index (χ3v) is 3.13. The summed E-state index contributed by atoms with van der Waals surface area (Å²) in [5.41, 5.74) is 0.409. The average molecular weight is 299 g/mol. The van der Waals surface area contributed by atoms with E-state index in [0.29, 0.717) is 18.9 Å². The molecule has 0 aliphatic carbocycles. The van der Waals surface area contributed by atoms with E-state index in [-0.39, 0.29) is 5.91 Å². The Balaban J connectivity index is 1.45. The summed E-state index contributed by atoms with van der Waals surface area (Å²) in [6, 6.07) is 5.42. The lowest BCUT2D eigenvalue weighted by molar-refractivity contribution is 0.0946. The second-order valence-corrected chi connectivity index (χ2v) is 4.81. The minimum Gasteiger partial charge on any atom is -0.351 e. The molecule has 3 heterocycles. The molecule has 3 aromatic rings. The highest BCUT2D eigenvalue weighted by atomic mass is 16.1. The zero-order chi connectivity index (χ0) is 15.2. The largest absolute Gasteiger partial charge is 0.351 e. The van der Waals surface area contributed by atoms with E-state index in [1.165, 1.54) is 0 Å². The second kappa shape index (κ2) is 6.70. The van der Waals surface area contributed by atoms with Gasteiger partial charge in [-0.25, -0.2) is 0 Å². The summed E-state index contributed by atoms with van der Waals surface area (Å²) in [6.07, 6.45) is 9.78. The van der Waals surface area contributed by atoms with Crippen LogP contribution in [0.2, 0.25) is 0 Å². The summed E-state index contributed by atoms with van der Waals surface area (Å²) in [6.45, 7) is 1.85. The molecular weight excluding hydrogens is 282 g/mol. The lowest BCUT2D eigenvalue weighted by atomic mass is 10.3. The Bertz CT molecular complexity index is 699. The van der Waals surface area contributed by atoms with Crippen LogP contribution in [0.3, 0.4) is 0 Å². The van der Waals surface area contributed by atoms with Gasteiger partial charge >= 0.3 is 0 Å². The van der Waals surface area contributed by atoms with Crippen LogP contribution >= 0.6 is 0 Å². The summed E-state index contributed by atoms with van der Waals surface area (Å²) < 4.78 is 5.25.